The molecule has 10 heteroatoms. The van der Waals surface area contributed by atoms with E-state index < -0.39 is 33.6 Å². The second-order valence-corrected chi connectivity index (χ2v) is 5.43. The smallest absolute Gasteiger partial charge is 0.334 e. The molecule has 0 spiro atoms. The first kappa shape index (κ1) is 16.0. The molecule has 0 aliphatic rings. The largest absolute Gasteiger partial charge is 0.479 e. The van der Waals surface area contributed by atoms with Gasteiger partial charge in [0.1, 0.15) is 0 Å². The summed E-state index contributed by atoms with van der Waals surface area (Å²) in [6.45, 7) is -0.453. The molecule has 9 nitrogen and oxygen atoms in total. The van der Waals surface area contributed by atoms with Crippen molar-refractivity contribution >= 4 is 21.7 Å². The monoisotopic (exact) mass is 304 g/mol. The lowest BCUT2D eigenvalue weighted by Gasteiger charge is -2.11. The van der Waals surface area contributed by atoms with Gasteiger partial charge in [-0.05, 0) is 12.1 Å². The van der Waals surface area contributed by atoms with Crippen molar-refractivity contribution in [3.05, 3.63) is 34.4 Å². The molecule has 0 heterocycles. The number of sulfonamides is 1. The molecule has 0 aliphatic heterocycles. The summed E-state index contributed by atoms with van der Waals surface area (Å²) in [6.07, 6.45) is -1.32. The van der Waals surface area contributed by atoms with E-state index in [1.165, 1.54) is 0 Å². The maximum Gasteiger partial charge on any atom is 0.334 e. The van der Waals surface area contributed by atoms with Gasteiger partial charge in [0, 0.05) is 25.8 Å². The number of methoxy groups -OCH3 is 1. The van der Waals surface area contributed by atoms with Gasteiger partial charge >= 0.3 is 5.97 Å². The summed E-state index contributed by atoms with van der Waals surface area (Å²) in [7, 11) is -2.82. The van der Waals surface area contributed by atoms with Crippen molar-refractivity contribution in [2.75, 3.05) is 13.7 Å². The van der Waals surface area contributed by atoms with Crippen LogP contribution in [0.15, 0.2) is 29.2 Å². The number of carbonyl (C=O) groups is 1. The highest BCUT2D eigenvalue weighted by atomic mass is 32.2. The summed E-state index contributed by atoms with van der Waals surface area (Å²) >= 11 is 0. The highest BCUT2D eigenvalue weighted by Crippen LogP contribution is 2.15. The van der Waals surface area contributed by atoms with Crippen molar-refractivity contribution in [1.82, 2.24) is 4.72 Å². The number of ether oxygens (including phenoxy) is 1. The van der Waals surface area contributed by atoms with Crippen LogP contribution in [-0.2, 0) is 19.6 Å². The molecule has 0 aliphatic carbocycles. The Bertz CT molecular complexity index is 597. The lowest BCUT2D eigenvalue weighted by molar-refractivity contribution is -0.384. The lowest BCUT2D eigenvalue weighted by Crippen LogP contribution is -2.37. The molecule has 0 saturated heterocycles. The molecule has 1 aromatic rings. The second-order valence-electron chi connectivity index (χ2n) is 3.67. The normalized spacial score (nSPS) is 12.8. The fourth-order valence-corrected chi connectivity index (χ4v) is 2.32. The van der Waals surface area contributed by atoms with Gasteiger partial charge in [0.25, 0.3) is 5.69 Å². The molecule has 1 aromatic carbocycles. The number of carboxylic acids is 1. The zero-order chi connectivity index (χ0) is 15.3. The van der Waals surface area contributed by atoms with Gasteiger partial charge in [0.05, 0.1) is 9.82 Å². The first-order valence-corrected chi connectivity index (χ1v) is 6.76. The van der Waals surface area contributed by atoms with Crippen LogP contribution in [0.2, 0.25) is 0 Å². The number of nitro groups is 1. The van der Waals surface area contributed by atoms with Crippen molar-refractivity contribution in [2.24, 2.45) is 0 Å². The highest BCUT2D eigenvalue weighted by Gasteiger charge is 2.21. The summed E-state index contributed by atoms with van der Waals surface area (Å²) in [4.78, 5) is 20.3. The van der Waals surface area contributed by atoms with Crippen molar-refractivity contribution in [3.8, 4) is 0 Å². The van der Waals surface area contributed by atoms with E-state index >= 15 is 0 Å². The average Bonchev–Trinajstić information content (AvgIpc) is 2.39. The number of carboxylic acid groups (broad SMARTS) is 1. The van der Waals surface area contributed by atoms with Crippen LogP contribution in [0.5, 0.6) is 0 Å². The summed E-state index contributed by atoms with van der Waals surface area (Å²) in [5.41, 5.74) is -0.246. The minimum atomic E-state index is -3.96. The van der Waals surface area contributed by atoms with Crippen LogP contribution in [0.1, 0.15) is 0 Å². The number of nitro benzene ring substituents is 1. The van der Waals surface area contributed by atoms with Gasteiger partial charge in [-0.25, -0.2) is 17.9 Å². The molecule has 20 heavy (non-hydrogen) atoms. The topological polar surface area (TPSA) is 136 Å². The Balaban J connectivity index is 2.83. The molecule has 0 fully saturated rings. The van der Waals surface area contributed by atoms with E-state index in [4.69, 9.17) is 5.11 Å². The zero-order valence-corrected chi connectivity index (χ0v) is 11.2. The Kier molecular flexibility index (Phi) is 5.13. The van der Waals surface area contributed by atoms with Gasteiger partial charge in [-0.1, -0.05) is 0 Å². The van der Waals surface area contributed by atoms with E-state index in [-0.39, 0.29) is 10.6 Å². The van der Waals surface area contributed by atoms with Crippen LogP contribution < -0.4 is 4.72 Å². The molecule has 1 unspecified atom stereocenters. The van der Waals surface area contributed by atoms with Crippen LogP contribution in [-0.4, -0.2) is 44.2 Å². The molecule has 1 atom stereocenters. The molecule has 0 amide bonds. The molecule has 0 bridgehead atoms. The third-order valence-electron chi connectivity index (χ3n) is 2.38. The van der Waals surface area contributed by atoms with E-state index in [9.17, 15) is 23.3 Å². The summed E-state index contributed by atoms with van der Waals surface area (Å²) in [5.74, 6) is -1.31. The number of rotatable bonds is 7. The molecular weight excluding hydrogens is 292 g/mol. The second kappa shape index (κ2) is 6.41. The Morgan fingerprint density at radius 3 is 2.40 bits per heavy atom. The molecule has 110 valence electrons. The minimum absolute atomic E-state index is 0.205. The minimum Gasteiger partial charge on any atom is -0.479 e. The zero-order valence-electron chi connectivity index (χ0n) is 10.3. The van der Waals surface area contributed by atoms with Gasteiger partial charge < -0.3 is 9.84 Å². The number of nitrogens with one attached hydrogen (secondary N) is 1. The number of aliphatic carboxylic acids is 1. The Hall–Kier alpha value is -2.04. The quantitative estimate of drug-likeness (QED) is 0.533. The van der Waals surface area contributed by atoms with Crippen molar-refractivity contribution in [3.63, 3.8) is 0 Å². The fourth-order valence-electron chi connectivity index (χ4n) is 1.29. The maximum absolute atomic E-state index is 11.8. The standard InChI is InChI=1S/C10H12N2O7S/c1-19-9(10(13)14)6-11-20(17,18)8-4-2-7(3-5-8)12(15)16/h2-5,9,11H,6H2,1H3,(H,13,14). The van der Waals surface area contributed by atoms with Crippen molar-refractivity contribution < 1.29 is 28.0 Å². The number of hydrogen-bond donors (Lipinski definition) is 2. The SMILES string of the molecule is COC(CNS(=O)(=O)c1ccc([N+](=O)[O-])cc1)C(=O)O. The number of nitrogens with zero attached hydrogens (tertiary/aromatic N) is 1. The van der Waals surface area contributed by atoms with Crippen LogP contribution in [0.25, 0.3) is 0 Å². The van der Waals surface area contributed by atoms with Crippen LogP contribution in [0, 0.1) is 10.1 Å². The van der Waals surface area contributed by atoms with E-state index in [0.29, 0.717) is 0 Å². The average molecular weight is 304 g/mol. The summed E-state index contributed by atoms with van der Waals surface area (Å²) < 4.78 is 30.3. The molecular formula is C10H12N2O7S. The number of hydrogen-bond acceptors (Lipinski definition) is 6. The van der Waals surface area contributed by atoms with Gasteiger partial charge in [0.15, 0.2) is 6.10 Å². The predicted molar refractivity (Wildman–Crippen MR) is 66.7 cm³/mol. The molecule has 0 aromatic heterocycles. The first-order chi connectivity index (χ1) is 9.27. The van der Waals surface area contributed by atoms with Crippen LogP contribution in [0.4, 0.5) is 5.69 Å². The molecule has 0 radical (unpaired) electrons. The van der Waals surface area contributed by atoms with Gasteiger partial charge in [-0.2, -0.15) is 0 Å². The van der Waals surface area contributed by atoms with Crippen LogP contribution in [0.3, 0.4) is 0 Å². The molecule has 1 rings (SSSR count). The van der Waals surface area contributed by atoms with E-state index in [0.717, 1.165) is 31.4 Å². The number of benzene rings is 1. The summed E-state index contributed by atoms with van der Waals surface area (Å²) in [5, 5.41) is 19.2. The van der Waals surface area contributed by atoms with Gasteiger partial charge in [-0.3, -0.25) is 10.1 Å². The van der Waals surface area contributed by atoms with Gasteiger partial charge in [0.2, 0.25) is 10.0 Å². The van der Waals surface area contributed by atoms with E-state index in [1.54, 1.807) is 0 Å². The van der Waals surface area contributed by atoms with Crippen molar-refractivity contribution in [2.45, 2.75) is 11.0 Å². The third-order valence-corrected chi connectivity index (χ3v) is 3.82. The molecule has 0 saturated carbocycles. The number of non-ortho nitro benzene ring substituents is 1. The lowest BCUT2D eigenvalue weighted by atomic mass is 10.3. The van der Waals surface area contributed by atoms with E-state index in [1.807, 2.05) is 0 Å². The van der Waals surface area contributed by atoms with Crippen LogP contribution >= 0.6 is 0 Å². The van der Waals surface area contributed by atoms with E-state index in [2.05, 4.69) is 9.46 Å². The Morgan fingerprint density at radius 2 is 2.00 bits per heavy atom. The third kappa shape index (κ3) is 3.98. The van der Waals surface area contributed by atoms with Crippen molar-refractivity contribution in [1.29, 1.82) is 0 Å². The Labute approximate surface area is 114 Å². The highest BCUT2D eigenvalue weighted by molar-refractivity contribution is 7.89. The first-order valence-electron chi connectivity index (χ1n) is 5.27. The summed E-state index contributed by atoms with van der Waals surface area (Å²) in [6, 6.07) is 4.20. The fraction of sp³-hybridized carbons (Fsp3) is 0.300. The van der Waals surface area contributed by atoms with Gasteiger partial charge in [-0.15, -0.1) is 0 Å². The maximum atomic E-state index is 11.8. The molecule has 2 N–H and O–H groups in total. The predicted octanol–water partition coefficient (Wildman–Crippen LogP) is -0.0273. The Morgan fingerprint density at radius 1 is 1.45 bits per heavy atom.